The predicted octanol–water partition coefficient (Wildman–Crippen LogP) is 4.29. The summed E-state index contributed by atoms with van der Waals surface area (Å²) >= 11 is 12.6. The smallest absolute Gasteiger partial charge is 0.330 e. The first-order valence-electron chi connectivity index (χ1n) is 11.7. The fourth-order valence-electron chi connectivity index (χ4n) is 6.00. The van der Waals surface area contributed by atoms with E-state index in [1.165, 1.54) is 20.3 Å². The highest BCUT2D eigenvalue weighted by atomic mass is 35.5. The predicted molar refractivity (Wildman–Crippen MR) is 139 cm³/mol. The van der Waals surface area contributed by atoms with Gasteiger partial charge in [0.15, 0.2) is 6.04 Å². The van der Waals surface area contributed by atoms with Crippen molar-refractivity contribution in [1.29, 1.82) is 0 Å². The van der Waals surface area contributed by atoms with Crippen molar-refractivity contribution >= 4 is 47.0 Å². The Hall–Kier alpha value is -3.45. The molecule has 5 rings (SSSR count). The van der Waals surface area contributed by atoms with E-state index in [0.29, 0.717) is 15.5 Å². The Bertz CT molecular complexity index is 1400. The van der Waals surface area contributed by atoms with Crippen LogP contribution in [0.15, 0.2) is 79.0 Å². The number of Topliss-reactive ketones (excluding diaryl/α,β-unsaturated/α-hetero) is 1. The highest BCUT2D eigenvalue weighted by Gasteiger charge is 2.75. The number of methoxy groups -OCH3 is 2. The molecule has 0 radical (unpaired) electrons. The molecule has 37 heavy (non-hydrogen) atoms. The van der Waals surface area contributed by atoms with Crippen LogP contribution in [0.25, 0.3) is 6.08 Å². The van der Waals surface area contributed by atoms with Gasteiger partial charge in [-0.2, -0.15) is 0 Å². The molecule has 4 atom stereocenters. The Balaban J connectivity index is 1.85. The van der Waals surface area contributed by atoms with Crippen LogP contribution < -0.4 is 4.90 Å². The third-order valence-electron chi connectivity index (χ3n) is 7.42. The third kappa shape index (κ3) is 3.79. The second-order valence-electron chi connectivity index (χ2n) is 9.10. The molecule has 1 saturated heterocycles. The van der Waals surface area contributed by atoms with Crippen LogP contribution in [0.5, 0.6) is 0 Å². The molecule has 0 bridgehead atoms. The Kier molecular flexibility index (Phi) is 6.67. The minimum absolute atomic E-state index is 0.190. The van der Waals surface area contributed by atoms with Crippen molar-refractivity contribution in [3.05, 3.63) is 111 Å². The molecule has 6 nitrogen and oxygen atoms in total. The number of hydrogen-bond donors (Lipinski definition) is 1. The van der Waals surface area contributed by atoms with E-state index in [1.54, 1.807) is 12.1 Å². The summed E-state index contributed by atoms with van der Waals surface area (Å²) in [4.78, 5) is 42.7. The maximum absolute atomic E-state index is 14.4. The van der Waals surface area contributed by atoms with E-state index in [0.717, 1.165) is 11.1 Å². The van der Waals surface area contributed by atoms with Crippen molar-refractivity contribution < 1.29 is 28.8 Å². The summed E-state index contributed by atoms with van der Waals surface area (Å²) in [5.74, 6) is -2.78. The second-order valence-corrected chi connectivity index (χ2v) is 9.95. The number of quaternary nitrogens is 1. The molecule has 2 heterocycles. The van der Waals surface area contributed by atoms with E-state index in [2.05, 4.69) is 0 Å². The van der Waals surface area contributed by atoms with Crippen LogP contribution in [0, 0.1) is 5.41 Å². The van der Waals surface area contributed by atoms with Crippen molar-refractivity contribution in [2.24, 2.45) is 5.41 Å². The van der Waals surface area contributed by atoms with Crippen LogP contribution >= 0.6 is 23.2 Å². The Morgan fingerprint density at radius 1 is 0.865 bits per heavy atom. The first kappa shape index (κ1) is 25.2. The van der Waals surface area contributed by atoms with Gasteiger partial charge in [-0.1, -0.05) is 77.8 Å². The molecular weight excluding hydrogens is 513 g/mol. The van der Waals surface area contributed by atoms with Crippen molar-refractivity contribution in [2.45, 2.75) is 18.0 Å². The van der Waals surface area contributed by atoms with Gasteiger partial charge >= 0.3 is 11.9 Å². The standard InChI is InChI=1S/C29H23Cl2NO5/c1-36-27(34)29(28(35)37-2)23(18-9-4-3-5-10-18)24(25(33)21-13-12-19(30)16-22(21)31)32-15-14-17-8-6-7-11-20(17)26(29)32/h3-16,23-24,26H,1-2H3/p+1/t23-,24-,26-/m1/s1. The number of esters is 2. The maximum Gasteiger partial charge on any atom is 0.330 e. The average molecular weight is 537 g/mol. The summed E-state index contributed by atoms with van der Waals surface area (Å²) in [5, 5.41) is 0.582. The number of hydrogen-bond acceptors (Lipinski definition) is 5. The summed E-state index contributed by atoms with van der Waals surface area (Å²) in [5.41, 5.74) is 0.614. The Labute approximate surface area is 224 Å². The van der Waals surface area contributed by atoms with Crippen LogP contribution in [-0.2, 0) is 19.1 Å². The van der Waals surface area contributed by atoms with Crippen LogP contribution in [0.3, 0.4) is 0 Å². The van der Waals surface area contributed by atoms with Gasteiger partial charge in [0.2, 0.25) is 11.2 Å². The van der Waals surface area contributed by atoms with Gasteiger partial charge in [0, 0.05) is 16.1 Å². The molecule has 2 aliphatic rings. The molecular formula is C29H24Cl2NO5+. The lowest BCUT2D eigenvalue weighted by atomic mass is 9.65. The molecule has 1 N–H and O–H groups in total. The van der Waals surface area contributed by atoms with E-state index in [4.69, 9.17) is 32.7 Å². The molecule has 0 amide bonds. The maximum atomic E-state index is 14.4. The third-order valence-corrected chi connectivity index (χ3v) is 7.97. The van der Waals surface area contributed by atoms with E-state index in [9.17, 15) is 14.4 Å². The van der Waals surface area contributed by atoms with Gasteiger partial charge in [-0.25, -0.2) is 0 Å². The van der Waals surface area contributed by atoms with Gasteiger partial charge in [-0.15, -0.1) is 0 Å². The minimum atomic E-state index is -1.86. The van der Waals surface area contributed by atoms with Crippen molar-refractivity contribution in [1.82, 2.24) is 0 Å². The minimum Gasteiger partial charge on any atom is -0.468 e. The van der Waals surface area contributed by atoms with Crippen LogP contribution in [0.2, 0.25) is 10.0 Å². The zero-order valence-electron chi connectivity index (χ0n) is 20.1. The zero-order chi connectivity index (χ0) is 26.3. The zero-order valence-corrected chi connectivity index (χ0v) is 21.6. The SMILES string of the molecule is COC(=O)C1(C(=O)OC)[C@H](c2ccccc2)[C@H](C(=O)c2ccc(Cl)cc2Cl)[NH+]2C=Cc3ccccc3[C@@H]21. The highest BCUT2D eigenvalue weighted by molar-refractivity contribution is 6.37. The van der Waals surface area contributed by atoms with Gasteiger partial charge < -0.3 is 9.47 Å². The van der Waals surface area contributed by atoms with Gasteiger partial charge in [0.25, 0.3) is 0 Å². The Morgan fingerprint density at radius 3 is 2.16 bits per heavy atom. The number of fused-ring (bicyclic) bond motifs is 3. The number of rotatable bonds is 5. The number of ketones is 1. The lowest BCUT2D eigenvalue weighted by Crippen LogP contribution is -3.12. The highest BCUT2D eigenvalue weighted by Crippen LogP contribution is 2.54. The lowest BCUT2D eigenvalue weighted by molar-refractivity contribution is -0.885. The quantitative estimate of drug-likeness (QED) is 0.299. The average Bonchev–Trinajstić information content (AvgIpc) is 3.24. The van der Waals surface area contributed by atoms with E-state index < -0.39 is 35.4 Å². The lowest BCUT2D eigenvalue weighted by Gasteiger charge is -2.34. The summed E-state index contributed by atoms with van der Waals surface area (Å²) in [7, 11) is 2.48. The van der Waals surface area contributed by atoms with Gasteiger partial charge in [-0.3, -0.25) is 19.3 Å². The first-order chi connectivity index (χ1) is 17.9. The van der Waals surface area contributed by atoms with E-state index in [-0.39, 0.29) is 16.4 Å². The molecule has 0 saturated carbocycles. The van der Waals surface area contributed by atoms with Gasteiger partial charge in [0.05, 0.1) is 31.4 Å². The summed E-state index contributed by atoms with van der Waals surface area (Å²) in [6.45, 7) is 0. The summed E-state index contributed by atoms with van der Waals surface area (Å²) in [6.07, 6.45) is 3.74. The van der Waals surface area contributed by atoms with Gasteiger partial charge in [0.1, 0.15) is 6.04 Å². The van der Waals surface area contributed by atoms with Crippen molar-refractivity contribution in [3.8, 4) is 0 Å². The molecule has 188 valence electrons. The molecule has 3 aromatic carbocycles. The number of carbonyl (C=O) groups is 3. The molecule has 1 unspecified atom stereocenters. The van der Waals surface area contributed by atoms with Crippen LogP contribution in [-0.4, -0.2) is 38.0 Å². The molecule has 0 aromatic heterocycles. The fraction of sp³-hybridized carbons (Fsp3) is 0.207. The molecule has 1 fully saturated rings. The van der Waals surface area contributed by atoms with Crippen molar-refractivity contribution in [2.75, 3.05) is 14.2 Å². The number of ether oxygens (including phenoxy) is 2. The normalized spacial score (nSPS) is 23.0. The fourth-order valence-corrected chi connectivity index (χ4v) is 6.50. The summed E-state index contributed by atoms with van der Waals surface area (Å²) in [6, 6.07) is 19.5. The van der Waals surface area contributed by atoms with Crippen molar-refractivity contribution in [3.63, 3.8) is 0 Å². The molecule has 0 spiro atoms. The number of carbonyl (C=O) groups excluding carboxylic acids is 3. The molecule has 3 aromatic rings. The molecule has 8 heteroatoms. The molecule has 0 aliphatic carbocycles. The topological polar surface area (TPSA) is 74.1 Å². The van der Waals surface area contributed by atoms with E-state index >= 15 is 0 Å². The number of nitrogens with one attached hydrogen (secondary N) is 1. The second kappa shape index (κ2) is 9.78. The number of benzene rings is 3. The van der Waals surface area contributed by atoms with Gasteiger partial charge in [-0.05, 0) is 35.4 Å². The van der Waals surface area contributed by atoms with E-state index in [1.807, 2.05) is 66.9 Å². The largest absolute Gasteiger partial charge is 0.468 e. The van der Waals surface area contributed by atoms with Crippen LogP contribution in [0.1, 0.15) is 39.0 Å². The first-order valence-corrected chi connectivity index (χ1v) is 12.5. The monoisotopic (exact) mass is 536 g/mol. The Morgan fingerprint density at radius 2 is 1.51 bits per heavy atom. The molecule has 2 aliphatic heterocycles. The van der Waals surface area contributed by atoms with Crippen LogP contribution in [0.4, 0.5) is 0 Å². The summed E-state index contributed by atoms with van der Waals surface area (Å²) < 4.78 is 10.6. The number of halogens is 2.